The fourth-order valence-electron chi connectivity index (χ4n) is 6.53. The number of rotatable bonds is 12. The van der Waals surface area contributed by atoms with E-state index in [1.165, 1.54) is 6.42 Å². The van der Waals surface area contributed by atoms with Crippen molar-refractivity contribution in [3.05, 3.63) is 82.4 Å². The van der Waals surface area contributed by atoms with E-state index in [2.05, 4.69) is 27.6 Å². The summed E-state index contributed by atoms with van der Waals surface area (Å²) in [6.07, 6.45) is 7.19. The van der Waals surface area contributed by atoms with Gasteiger partial charge < -0.3 is 20.4 Å². The lowest BCUT2D eigenvalue weighted by atomic mass is 9.78. The zero-order valence-corrected chi connectivity index (χ0v) is 26.6. The van der Waals surface area contributed by atoms with Crippen molar-refractivity contribution < 1.29 is 14.3 Å². The SMILES string of the molecule is COCC(C)(C(=O)NCC1CCC1)c1ccc2nc([C@@H](NC(=O)c3ccnn3C)[C@H](c3ccccc3Cl)C3(C)CC3)[nH]c2c1. The molecule has 2 fully saturated rings. The zero-order valence-electron chi connectivity index (χ0n) is 25.8. The molecule has 9 nitrogen and oxygen atoms in total. The molecule has 2 heterocycles. The molecular formula is C34H41ClN6O3. The number of hydrogen-bond acceptors (Lipinski definition) is 5. The van der Waals surface area contributed by atoms with Gasteiger partial charge >= 0.3 is 0 Å². The van der Waals surface area contributed by atoms with Gasteiger partial charge in [0.15, 0.2) is 0 Å². The Balaban J connectivity index is 1.39. The maximum Gasteiger partial charge on any atom is 0.270 e. The molecule has 3 atom stereocenters. The van der Waals surface area contributed by atoms with E-state index in [4.69, 9.17) is 21.3 Å². The van der Waals surface area contributed by atoms with Crippen LogP contribution >= 0.6 is 11.6 Å². The number of amides is 2. The van der Waals surface area contributed by atoms with Crippen LogP contribution < -0.4 is 10.6 Å². The molecule has 0 radical (unpaired) electrons. The lowest BCUT2D eigenvalue weighted by molar-refractivity contribution is -0.128. The van der Waals surface area contributed by atoms with Gasteiger partial charge in [-0.25, -0.2) is 4.98 Å². The fraction of sp³-hybridized carbons (Fsp3) is 0.471. The van der Waals surface area contributed by atoms with E-state index >= 15 is 0 Å². The van der Waals surface area contributed by atoms with E-state index in [1.54, 1.807) is 31.1 Å². The van der Waals surface area contributed by atoms with E-state index in [9.17, 15) is 9.59 Å². The third-order valence-corrected chi connectivity index (χ3v) is 10.2. The average molecular weight is 617 g/mol. The van der Waals surface area contributed by atoms with E-state index in [0.29, 0.717) is 29.0 Å². The Morgan fingerprint density at radius 3 is 2.61 bits per heavy atom. The van der Waals surface area contributed by atoms with Gasteiger partial charge in [-0.1, -0.05) is 49.2 Å². The molecule has 0 aliphatic heterocycles. The third kappa shape index (κ3) is 5.75. The summed E-state index contributed by atoms with van der Waals surface area (Å²) in [6.45, 7) is 5.09. The first-order valence-corrected chi connectivity index (χ1v) is 15.8. The van der Waals surface area contributed by atoms with Crippen LogP contribution in [0.5, 0.6) is 0 Å². The van der Waals surface area contributed by atoms with Crippen molar-refractivity contribution in [1.82, 2.24) is 30.4 Å². The first-order chi connectivity index (χ1) is 21.1. The Morgan fingerprint density at radius 1 is 1.20 bits per heavy atom. The summed E-state index contributed by atoms with van der Waals surface area (Å²) >= 11 is 6.81. The van der Waals surface area contributed by atoms with E-state index in [-0.39, 0.29) is 29.8 Å². The lowest BCUT2D eigenvalue weighted by Crippen LogP contribution is -2.47. The number of aromatic amines is 1. The minimum atomic E-state index is -0.882. The number of hydrogen-bond donors (Lipinski definition) is 3. The van der Waals surface area contributed by atoms with Crippen molar-refractivity contribution in [2.45, 2.75) is 63.3 Å². The molecule has 10 heteroatoms. The molecule has 2 aliphatic rings. The molecule has 2 amide bonds. The number of ether oxygens (including phenoxy) is 1. The summed E-state index contributed by atoms with van der Waals surface area (Å²) in [5.41, 5.74) is 2.83. The van der Waals surface area contributed by atoms with Gasteiger partial charge in [-0.3, -0.25) is 14.3 Å². The first kappa shape index (κ1) is 30.3. The molecule has 2 aromatic heterocycles. The second kappa shape index (κ2) is 12.0. The normalized spacial score (nSPS) is 18.7. The molecule has 2 aliphatic carbocycles. The maximum absolute atomic E-state index is 13.7. The molecule has 0 spiro atoms. The van der Waals surface area contributed by atoms with Crippen molar-refractivity contribution in [2.24, 2.45) is 18.4 Å². The third-order valence-electron chi connectivity index (χ3n) is 9.85. The molecule has 2 saturated carbocycles. The maximum atomic E-state index is 13.7. The predicted molar refractivity (Wildman–Crippen MR) is 171 cm³/mol. The van der Waals surface area contributed by atoms with Gasteiger partial charge in [0.1, 0.15) is 11.5 Å². The molecule has 0 saturated heterocycles. The molecule has 0 bridgehead atoms. The average Bonchev–Trinajstić information content (AvgIpc) is 3.36. The molecule has 1 unspecified atom stereocenters. The van der Waals surface area contributed by atoms with Crippen molar-refractivity contribution >= 4 is 34.4 Å². The predicted octanol–water partition coefficient (Wildman–Crippen LogP) is 5.83. The van der Waals surface area contributed by atoms with Crippen LogP contribution in [0.3, 0.4) is 0 Å². The number of aryl methyl sites for hydroxylation is 1. The summed E-state index contributed by atoms with van der Waals surface area (Å²) in [5, 5.41) is 11.3. The van der Waals surface area contributed by atoms with Gasteiger partial charge in [0.2, 0.25) is 5.91 Å². The summed E-state index contributed by atoms with van der Waals surface area (Å²) in [6, 6.07) is 14.9. The van der Waals surface area contributed by atoms with Crippen molar-refractivity contribution in [3.8, 4) is 0 Å². The summed E-state index contributed by atoms with van der Waals surface area (Å²) in [7, 11) is 3.37. The second-order valence-corrected chi connectivity index (χ2v) is 13.5. The number of methoxy groups -OCH3 is 1. The highest BCUT2D eigenvalue weighted by atomic mass is 35.5. The van der Waals surface area contributed by atoms with Gasteiger partial charge in [0.05, 0.1) is 29.1 Å². The molecule has 232 valence electrons. The minimum absolute atomic E-state index is 0.0490. The van der Waals surface area contributed by atoms with Crippen LogP contribution in [0.15, 0.2) is 54.7 Å². The van der Waals surface area contributed by atoms with Gasteiger partial charge in [0.25, 0.3) is 5.91 Å². The Labute approximate surface area is 263 Å². The number of carbonyl (C=O) groups excluding carboxylic acids is 2. The molecule has 2 aromatic carbocycles. The van der Waals surface area contributed by atoms with Crippen LogP contribution in [0.25, 0.3) is 11.0 Å². The van der Waals surface area contributed by atoms with Crippen LogP contribution in [0.1, 0.15) is 85.4 Å². The Bertz CT molecular complexity index is 1670. The number of carbonyl (C=O) groups is 2. The smallest absolute Gasteiger partial charge is 0.270 e. The standard InChI is InChI=1S/C34H41ClN6O3/c1-33(15-16-33)28(23-10-5-6-11-24(23)35)29(40-31(42)27-14-17-37-41(27)3)30-38-25-13-12-22(18-26(25)39-30)34(2,20-44-4)32(43)36-19-21-8-7-9-21/h5-6,10-14,17-18,21,28-29H,7-9,15-16,19-20H2,1-4H3,(H,36,43)(H,38,39)(H,40,42)/t28-,29-,34?/m0/s1. The topological polar surface area (TPSA) is 114 Å². The van der Waals surface area contributed by atoms with Crippen molar-refractivity contribution in [2.75, 3.05) is 20.3 Å². The van der Waals surface area contributed by atoms with Gasteiger partial charge in [0, 0.05) is 37.8 Å². The summed E-state index contributed by atoms with van der Waals surface area (Å²) in [4.78, 5) is 35.7. The van der Waals surface area contributed by atoms with Crippen LogP contribution in [0, 0.1) is 11.3 Å². The number of nitrogens with one attached hydrogen (secondary N) is 3. The highest BCUT2D eigenvalue weighted by Crippen LogP contribution is 2.60. The Hall–Kier alpha value is -3.69. The van der Waals surface area contributed by atoms with E-state index in [1.807, 2.05) is 49.4 Å². The molecule has 3 N–H and O–H groups in total. The fourth-order valence-corrected chi connectivity index (χ4v) is 6.79. The molecule has 44 heavy (non-hydrogen) atoms. The number of imidazole rings is 1. The monoisotopic (exact) mass is 616 g/mol. The second-order valence-electron chi connectivity index (χ2n) is 13.1. The largest absolute Gasteiger partial charge is 0.383 e. The van der Waals surface area contributed by atoms with Gasteiger partial charge in [-0.05, 0) is 79.3 Å². The molecule has 4 aromatic rings. The van der Waals surface area contributed by atoms with E-state index in [0.717, 1.165) is 47.8 Å². The van der Waals surface area contributed by atoms with Crippen LogP contribution in [-0.2, 0) is 22.0 Å². The Morgan fingerprint density at radius 2 is 1.98 bits per heavy atom. The number of benzene rings is 2. The summed E-state index contributed by atoms with van der Waals surface area (Å²) < 4.78 is 7.12. The van der Waals surface area contributed by atoms with Crippen LogP contribution in [-0.4, -0.2) is 51.8 Å². The zero-order chi connectivity index (χ0) is 31.1. The molecule has 6 rings (SSSR count). The van der Waals surface area contributed by atoms with Crippen molar-refractivity contribution in [1.29, 1.82) is 0 Å². The summed E-state index contributed by atoms with van der Waals surface area (Å²) in [5.74, 6) is 0.764. The van der Waals surface area contributed by atoms with Crippen molar-refractivity contribution in [3.63, 3.8) is 0 Å². The number of halogens is 1. The van der Waals surface area contributed by atoms with Gasteiger partial charge in [-0.2, -0.15) is 5.10 Å². The minimum Gasteiger partial charge on any atom is -0.383 e. The van der Waals surface area contributed by atoms with Gasteiger partial charge in [-0.15, -0.1) is 0 Å². The number of aromatic nitrogens is 4. The van der Waals surface area contributed by atoms with Crippen LogP contribution in [0.2, 0.25) is 5.02 Å². The lowest BCUT2D eigenvalue weighted by Gasteiger charge is -2.32. The Kier molecular flexibility index (Phi) is 8.28. The molecular weight excluding hydrogens is 576 g/mol. The first-order valence-electron chi connectivity index (χ1n) is 15.4. The number of fused-ring (bicyclic) bond motifs is 1. The highest BCUT2D eigenvalue weighted by molar-refractivity contribution is 6.31. The number of nitrogens with zero attached hydrogens (tertiary/aromatic N) is 3. The van der Waals surface area contributed by atoms with Crippen LogP contribution in [0.4, 0.5) is 0 Å². The van der Waals surface area contributed by atoms with E-state index < -0.39 is 11.5 Å². The highest BCUT2D eigenvalue weighted by Gasteiger charge is 2.51. The quantitative estimate of drug-likeness (QED) is 0.185. The number of H-pyrrole nitrogens is 1.